The fourth-order valence-corrected chi connectivity index (χ4v) is 4.53. The van der Waals surface area contributed by atoms with Gasteiger partial charge in [-0.05, 0) is 53.1 Å². The van der Waals surface area contributed by atoms with Gasteiger partial charge in [-0.25, -0.2) is 17.6 Å². The average molecular weight is 476 g/mol. The van der Waals surface area contributed by atoms with Crippen LogP contribution in [0.15, 0.2) is 49.0 Å². The third kappa shape index (κ3) is 4.56. The van der Waals surface area contributed by atoms with Gasteiger partial charge in [-0.2, -0.15) is 8.78 Å². The molecule has 0 aromatic heterocycles. The zero-order valence-corrected chi connectivity index (χ0v) is 18.4. The van der Waals surface area contributed by atoms with Gasteiger partial charge in [0, 0.05) is 17.7 Å². The Balaban J connectivity index is 1.63. The molecule has 3 aromatic rings. The number of hydrogen-bond acceptors (Lipinski definition) is 1. The number of fused-ring (bicyclic) bond motifs is 1. The Kier molecular flexibility index (Phi) is 6.47. The lowest BCUT2D eigenvalue weighted by atomic mass is 9.98. The van der Waals surface area contributed by atoms with Gasteiger partial charge in [0.2, 0.25) is 0 Å². The normalized spacial score (nSPS) is 15.3. The largest absolute Gasteiger partial charge is 0.432 e. The van der Waals surface area contributed by atoms with Crippen molar-refractivity contribution in [3.8, 4) is 16.9 Å². The van der Waals surface area contributed by atoms with E-state index in [-0.39, 0.29) is 5.56 Å². The van der Waals surface area contributed by atoms with E-state index in [4.69, 9.17) is 0 Å². The number of rotatable bonds is 7. The van der Waals surface area contributed by atoms with Crippen LogP contribution < -0.4 is 4.74 Å². The topological polar surface area (TPSA) is 9.23 Å². The summed E-state index contributed by atoms with van der Waals surface area (Å²) < 4.78 is 90.9. The molecule has 1 aliphatic rings. The van der Waals surface area contributed by atoms with Crippen LogP contribution in [0.5, 0.6) is 5.75 Å². The molecular weight excluding hydrogens is 454 g/mol. The lowest BCUT2D eigenvalue weighted by Gasteiger charge is -2.20. The van der Waals surface area contributed by atoms with Crippen LogP contribution >= 0.6 is 0 Å². The first-order valence-electron chi connectivity index (χ1n) is 10.9. The minimum Gasteiger partial charge on any atom is -0.429 e. The maximum Gasteiger partial charge on any atom is 0.432 e. The number of halogens is 6. The van der Waals surface area contributed by atoms with Gasteiger partial charge in [0.15, 0.2) is 0 Å². The molecule has 34 heavy (non-hydrogen) atoms. The maximum absolute atomic E-state index is 14.7. The molecule has 1 nitrogen and oxygen atoms in total. The van der Waals surface area contributed by atoms with Crippen molar-refractivity contribution in [2.45, 2.75) is 38.7 Å². The molecule has 4 rings (SSSR count). The molecule has 0 N–H and O–H groups in total. The Labute approximate surface area is 193 Å². The summed E-state index contributed by atoms with van der Waals surface area (Å²) in [6.07, 6.45) is 0.312. The van der Waals surface area contributed by atoms with Crippen LogP contribution in [0, 0.1) is 29.2 Å². The summed E-state index contributed by atoms with van der Waals surface area (Å²) in [5.74, 6) is -5.86. The molecule has 0 amide bonds. The second kappa shape index (κ2) is 9.20. The molecule has 1 aliphatic carbocycles. The van der Waals surface area contributed by atoms with Crippen LogP contribution in [0.1, 0.15) is 42.0 Å². The van der Waals surface area contributed by atoms with Gasteiger partial charge in [-0.1, -0.05) is 50.6 Å². The van der Waals surface area contributed by atoms with Crippen LogP contribution in [0.25, 0.3) is 17.2 Å². The zero-order chi connectivity index (χ0) is 24.6. The van der Waals surface area contributed by atoms with Gasteiger partial charge >= 0.3 is 6.11 Å². The second-order valence-corrected chi connectivity index (χ2v) is 8.48. The van der Waals surface area contributed by atoms with Crippen LogP contribution in [0.3, 0.4) is 0 Å². The highest BCUT2D eigenvalue weighted by molar-refractivity contribution is 5.66. The number of alkyl halides is 2. The minimum atomic E-state index is -4.52. The van der Waals surface area contributed by atoms with Crippen molar-refractivity contribution >= 4 is 6.08 Å². The molecule has 0 bridgehead atoms. The van der Waals surface area contributed by atoms with E-state index in [1.54, 1.807) is 6.07 Å². The van der Waals surface area contributed by atoms with Crippen molar-refractivity contribution < 1.29 is 31.1 Å². The lowest BCUT2D eigenvalue weighted by Crippen LogP contribution is -2.25. The predicted molar refractivity (Wildman–Crippen MR) is 119 cm³/mol. The molecule has 0 saturated heterocycles. The van der Waals surface area contributed by atoms with Crippen molar-refractivity contribution in [2.75, 3.05) is 0 Å². The summed E-state index contributed by atoms with van der Waals surface area (Å²) in [4.78, 5) is 0. The van der Waals surface area contributed by atoms with Crippen molar-refractivity contribution in [2.24, 2.45) is 5.92 Å². The summed E-state index contributed by atoms with van der Waals surface area (Å²) >= 11 is 0. The molecule has 1 unspecified atom stereocenters. The number of benzene rings is 3. The van der Waals surface area contributed by atoms with E-state index in [1.807, 2.05) is 12.1 Å². The van der Waals surface area contributed by atoms with Crippen molar-refractivity contribution in [1.29, 1.82) is 0 Å². The molecule has 3 aromatic carbocycles. The highest BCUT2D eigenvalue weighted by atomic mass is 19.3. The fourth-order valence-electron chi connectivity index (χ4n) is 4.53. The Morgan fingerprint density at radius 2 is 1.50 bits per heavy atom. The summed E-state index contributed by atoms with van der Waals surface area (Å²) in [5, 5.41) is 0. The fraction of sp³-hybridized carbons (Fsp3) is 0.259. The third-order valence-corrected chi connectivity index (χ3v) is 6.09. The van der Waals surface area contributed by atoms with Gasteiger partial charge in [0.25, 0.3) is 0 Å². The monoisotopic (exact) mass is 476 g/mol. The van der Waals surface area contributed by atoms with Gasteiger partial charge in [-0.3, -0.25) is 0 Å². The first-order valence-corrected chi connectivity index (χ1v) is 10.9. The van der Waals surface area contributed by atoms with Crippen LogP contribution in [0.4, 0.5) is 26.3 Å². The summed E-state index contributed by atoms with van der Waals surface area (Å²) in [6, 6.07) is 8.04. The molecule has 0 heterocycles. The molecule has 7 heteroatoms. The summed E-state index contributed by atoms with van der Waals surface area (Å²) in [6.45, 7) is 5.34. The van der Waals surface area contributed by atoms with Crippen molar-refractivity contribution in [3.05, 3.63) is 94.6 Å². The zero-order valence-electron chi connectivity index (χ0n) is 18.4. The van der Waals surface area contributed by atoms with Crippen molar-refractivity contribution in [3.63, 3.8) is 0 Å². The first kappa shape index (κ1) is 23.9. The Morgan fingerprint density at radius 1 is 0.882 bits per heavy atom. The van der Waals surface area contributed by atoms with Crippen molar-refractivity contribution in [1.82, 2.24) is 0 Å². The van der Waals surface area contributed by atoms with E-state index >= 15 is 0 Å². The van der Waals surface area contributed by atoms with Crippen LogP contribution in [0.2, 0.25) is 0 Å². The smallest absolute Gasteiger partial charge is 0.429 e. The summed E-state index contributed by atoms with van der Waals surface area (Å²) in [7, 11) is 0. The molecule has 1 atom stereocenters. The van der Waals surface area contributed by atoms with E-state index < -0.39 is 46.3 Å². The first-order chi connectivity index (χ1) is 16.1. The van der Waals surface area contributed by atoms with E-state index in [2.05, 4.69) is 18.2 Å². The van der Waals surface area contributed by atoms with Gasteiger partial charge in [0.1, 0.15) is 34.6 Å². The summed E-state index contributed by atoms with van der Waals surface area (Å²) in [5.41, 5.74) is 0.697. The third-order valence-electron chi connectivity index (χ3n) is 6.09. The Morgan fingerprint density at radius 3 is 2.09 bits per heavy atom. The second-order valence-electron chi connectivity index (χ2n) is 8.48. The molecule has 0 radical (unpaired) electrons. The van der Waals surface area contributed by atoms with E-state index in [0.29, 0.717) is 23.6 Å². The average Bonchev–Trinajstić information content (AvgIpc) is 3.14. The van der Waals surface area contributed by atoms with Gasteiger partial charge in [0.05, 0.1) is 0 Å². The quantitative estimate of drug-likeness (QED) is 0.312. The molecular formula is C27H22F6O. The molecule has 178 valence electrons. The van der Waals surface area contributed by atoms with Crippen LogP contribution in [-0.4, -0.2) is 0 Å². The molecule has 0 fully saturated rings. The SMILES string of the molecule is C=Cc1c(F)cc(OC(F)(F)c2c(F)cc(-c3ccc4c(c3)CC(CCC)C4)cc2F)cc1F. The van der Waals surface area contributed by atoms with Gasteiger partial charge < -0.3 is 4.74 Å². The molecule has 0 aliphatic heterocycles. The van der Waals surface area contributed by atoms with Gasteiger partial charge in [-0.15, -0.1) is 0 Å². The van der Waals surface area contributed by atoms with E-state index in [0.717, 1.165) is 49.5 Å². The van der Waals surface area contributed by atoms with E-state index in [1.165, 1.54) is 5.56 Å². The Hall–Kier alpha value is -3.22. The van der Waals surface area contributed by atoms with E-state index in [9.17, 15) is 26.3 Å². The highest BCUT2D eigenvalue weighted by Gasteiger charge is 2.41. The number of hydrogen-bond donors (Lipinski definition) is 0. The maximum atomic E-state index is 14.7. The van der Waals surface area contributed by atoms with Crippen LogP contribution in [-0.2, 0) is 19.0 Å². The number of ether oxygens (including phenoxy) is 1. The Bertz CT molecular complexity index is 1200. The molecule has 0 spiro atoms. The lowest BCUT2D eigenvalue weighted by molar-refractivity contribution is -0.189. The molecule has 0 saturated carbocycles. The minimum absolute atomic E-state index is 0.101. The highest BCUT2D eigenvalue weighted by Crippen LogP contribution is 2.39. The standard InChI is InChI=1S/C27H22F6O/c1-3-5-15-8-16-6-7-17(10-18(16)9-15)19-11-24(30)26(25(31)12-19)27(32,33)34-20-13-22(28)21(4-2)23(29)14-20/h4,6-7,10-15H,2-3,5,8-9H2,1H3. The predicted octanol–water partition coefficient (Wildman–Crippen LogP) is 8.20.